The Labute approximate surface area is 154 Å². The molecule has 26 heavy (non-hydrogen) atoms. The molecule has 1 aliphatic heterocycles. The molecule has 7 nitrogen and oxygen atoms in total. The number of nitrogens with one attached hydrogen (secondary N) is 2. The molecule has 1 atom stereocenters. The third-order valence-electron chi connectivity index (χ3n) is 4.13. The Kier molecular flexibility index (Phi) is 8.48. The van der Waals surface area contributed by atoms with Crippen LogP contribution in [0.15, 0.2) is 18.2 Å². The molecule has 0 radical (unpaired) electrons. The van der Waals surface area contributed by atoms with Crippen LogP contribution in [0.3, 0.4) is 0 Å². The topological polar surface area (TPSA) is 95.6 Å². The summed E-state index contributed by atoms with van der Waals surface area (Å²) in [6.07, 6.45) is 1.34. The second kappa shape index (κ2) is 10.3. The summed E-state index contributed by atoms with van der Waals surface area (Å²) in [6.45, 7) is 8.02. The lowest BCUT2D eigenvalue weighted by molar-refractivity contribution is -0.125. The van der Waals surface area contributed by atoms with Gasteiger partial charge in [0, 0.05) is 42.2 Å². The van der Waals surface area contributed by atoms with Gasteiger partial charge in [-0.1, -0.05) is 26.8 Å². The molecule has 1 aromatic carbocycles. The highest BCUT2D eigenvalue weighted by molar-refractivity contribution is 6.02. The average molecular weight is 361 g/mol. The van der Waals surface area contributed by atoms with Crippen molar-refractivity contribution in [2.24, 2.45) is 0 Å². The molecular formula is C19H27N3O4. The van der Waals surface area contributed by atoms with E-state index in [1.165, 1.54) is 0 Å². The molecule has 0 fully saturated rings. The van der Waals surface area contributed by atoms with Gasteiger partial charge in [0.1, 0.15) is 0 Å². The number of amides is 4. The number of benzene rings is 1. The van der Waals surface area contributed by atoms with Crippen molar-refractivity contribution in [2.75, 3.05) is 5.32 Å². The summed E-state index contributed by atoms with van der Waals surface area (Å²) in [5, 5.41) is 4.90. The van der Waals surface area contributed by atoms with Crippen molar-refractivity contribution in [3.05, 3.63) is 29.3 Å². The zero-order valence-electron chi connectivity index (χ0n) is 15.8. The standard InChI is InChI=1S/C17H21N3O4.C2H6/c1-3-15(22)19-14-6-4-5-12-13(14)9-20(17(12)24)11(2)7-8-16(23)18-10-21;1-2/h4-6,10-11H,3,7-9H2,1-2H3,(H,19,22)(H,18,21,23);1-2H3. The zero-order chi connectivity index (χ0) is 19.7. The van der Waals surface area contributed by atoms with Gasteiger partial charge in [0.15, 0.2) is 0 Å². The third kappa shape index (κ3) is 5.15. The summed E-state index contributed by atoms with van der Waals surface area (Å²) in [6, 6.07) is 5.11. The number of hydrogen-bond acceptors (Lipinski definition) is 4. The third-order valence-corrected chi connectivity index (χ3v) is 4.13. The van der Waals surface area contributed by atoms with Crippen LogP contribution in [0.2, 0.25) is 0 Å². The van der Waals surface area contributed by atoms with Crippen molar-refractivity contribution >= 4 is 29.8 Å². The van der Waals surface area contributed by atoms with Crippen LogP contribution in [0, 0.1) is 0 Å². The minimum atomic E-state index is -0.364. The maximum absolute atomic E-state index is 12.6. The van der Waals surface area contributed by atoms with Crippen LogP contribution in [0.5, 0.6) is 0 Å². The lowest BCUT2D eigenvalue weighted by Gasteiger charge is -2.24. The highest BCUT2D eigenvalue weighted by atomic mass is 16.2. The van der Waals surface area contributed by atoms with E-state index in [1.807, 2.05) is 20.8 Å². The molecule has 0 aromatic heterocycles. The summed E-state index contributed by atoms with van der Waals surface area (Å²) < 4.78 is 0. The van der Waals surface area contributed by atoms with E-state index in [1.54, 1.807) is 30.0 Å². The molecule has 1 heterocycles. The highest BCUT2D eigenvalue weighted by Crippen LogP contribution is 2.31. The van der Waals surface area contributed by atoms with Crippen LogP contribution in [0.4, 0.5) is 5.69 Å². The molecule has 4 amide bonds. The quantitative estimate of drug-likeness (QED) is 0.729. The van der Waals surface area contributed by atoms with Crippen LogP contribution in [-0.4, -0.2) is 35.1 Å². The van der Waals surface area contributed by atoms with Crippen molar-refractivity contribution < 1.29 is 19.2 Å². The first-order chi connectivity index (χ1) is 12.5. The smallest absolute Gasteiger partial charge is 0.254 e. The molecule has 1 aliphatic rings. The Balaban J connectivity index is 0.00000163. The van der Waals surface area contributed by atoms with Crippen LogP contribution >= 0.6 is 0 Å². The van der Waals surface area contributed by atoms with Gasteiger partial charge in [0.2, 0.25) is 18.2 Å². The van der Waals surface area contributed by atoms with Crippen molar-refractivity contribution in [1.29, 1.82) is 0 Å². The van der Waals surface area contributed by atoms with Crippen molar-refractivity contribution in [1.82, 2.24) is 10.2 Å². The lowest BCUT2D eigenvalue weighted by atomic mass is 10.1. The van der Waals surface area contributed by atoms with E-state index in [9.17, 15) is 19.2 Å². The van der Waals surface area contributed by atoms with Gasteiger partial charge in [0.05, 0.1) is 0 Å². The second-order valence-electron chi connectivity index (χ2n) is 5.74. The van der Waals surface area contributed by atoms with Gasteiger partial charge in [0.25, 0.3) is 5.91 Å². The predicted octanol–water partition coefficient (Wildman–Crippen LogP) is 2.46. The SMILES string of the molecule is CC.CCC(=O)Nc1cccc2c1CN(C(C)CCC(=O)NC=O)C2=O. The monoisotopic (exact) mass is 361 g/mol. The van der Waals surface area contributed by atoms with Crippen molar-refractivity contribution in [2.45, 2.75) is 59.5 Å². The number of fused-ring (bicyclic) bond motifs is 1. The van der Waals surface area contributed by atoms with Crippen LogP contribution in [0.1, 0.15) is 62.9 Å². The number of rotatable bonds is 7. The Hall–Kier alpha value is -2.70. The van der Waals surface area contributed by atoms with E-state index in [2.05, 4.69) is 10.6 Å². The molecule has 0 bridgehead atoms. The number of imide groups is 1. The van der Waals surface area contributed by atoms with Gasteiger partial charge in [-0.3, -0.25) is 24.5 Å². The van der Waals surface area contributed by atoms with Gasteiger partial charge in [-0.05, 0) is 25.5 Å². The van der Waals surface area contributed by atoms with Crippen LogP contribution < -0.4 is 10.6 Å². The van der Waals surface area contributed by atoms with Crippen LogP contribution in [0.25, 0.3) is 0 Å². The van der Waals surface area contributed by atoms with Gasteiger partial charge in [-0.25, -0.2) is 0 Å². The number of carbonyl (C=O) groups excluding carboxylic acids is 4. The normalized spacial score (nSPS) is 13.2. The Bertz CT molecular complexity index is 673. The molecule has 0 aliphatic carbocycles. The lowest BCUT2D eigenvalue weighted by Crippen LogP contribution is -2.34. The average Bonchev–Trinajstić information content (AvgIpc) is 2.99. The van der Waals surface area contributed by atoms with Crippen molar-refractivity contribution in [3.63, 3.8) is 0 Å². The first-order valence-corrected chi connectivity index (χ1v) is 8.93. The maximum Gasteiger partial charge on any atom is 0.254 e. The Morgan fingerprint density at radius 3 is 2.58 bits per heavy atom. The molecule has 2 N–H and O–H groups in total. The number of nitrogens with zero attached hydrogens (tertiary/aromatic N) is 1. The molecule has 0 spiro atoms. The first-order valence-electron chi connectivity index (χ1n) is 8.93. The molecule has 142 valence electrons. The molecule has 2 rings (SSSR count). The van der Waals surface area contributed by atoms with Gasteiger partial charge in [-0.15, -0.1) is 0 Å². The summed E-state index contributed by atoms with van der Waals surface area (Å²) in [5.74, 6) is -0.578. The molecule has 0 saturated carbocycles. The summed E-state index contributed by atoms with van der Waals surface area (Å²) in [5.41, 5.74) is 2.03. The second-order valence-corrected chi connectivity index (χ2v) is 5.74. The minimum absolute atomic E-state index is 0.104. The fourth-order valence-corrected chi connectivity index (χ4v) is 2.70. The van der Waals surface area contributed by atoms with E-state index >= 15 is 0 Å². The maximum atomic E-state index is 12.6. The number of carbonyl (C=O) groups is 4. The fraction of sp³-hybridized carbons (Fsp3) is 0.474. The molecule has 0 saturated heterocycles. The van der Waals surface area contributed by atoms with E-state index in [0.29, 0.717) is 37.0 Å². The summed E-state index contributed by atoms with van der Waals surface area (Å²) in [7, 11) is 0. The zero-order valence-corrected chi connectivity index (χ0v) is 15.8. The van der Waals surface area contributed by atoms with Crippen LogP contribution in [-0.2, 0) is 20.9 Å². The first kappa shape index (κ1) is 21.3. The molecular weight excluding hydrogens is 334 g/mol. The largest absolute Gasteiger partial charge is 0.331 e. The van der Waals surface area contributed by atoms with Gasteiger partial charge < -0.3 is 10.2 Å². The van der Waals surface area contributed by atoms with Crippen molar-refractivity contribution in [3.8, 4) is 0 Å². The Morgan fingerprint density at radius 1 is 1.27 bits per heavy atom. The highest BCUT2D eigenvalue weighted by Gasteiger charge is 2.32. The number of anilines is 1. The van der Waals surface area contributed by atoms with E-state index in [4.69, 9.17) is 0 Å². The van der Waals surface area contributed by atoms with E-state index in [-0.39, 0.29) is 30.2 Å². The van der Waals surface area contributed by atoms with Gasteiger partial charge >= 0.3 is 0 Å². The summed E-state index contributed by atoms with van der Waals surface area (Å²) >= 11 is 0. The predicted molar refractivity (Wildman–Crippen MR) is 99.5 cm³/mol. The van der Waals surface area contributed by atoms with Gasteiger partial charge in [-0.2, -0.15) is 0 Å². The van der Waals surface area contributed by atoms with E-state index in [0.717, 1.165) is 5.56 Å². The number of hydrogen-bond donors (Lipinski definition) is 2. The molecule has 1 aromatic rings. The fourth-order valence-electron chi connectivity index (χ4n) is 2.70. The molecule has 7 heteroatoms. The van der Waals surface area contributed by atoms with E-state index < -0.39 is 0 Å². The Morgan fingerprint density at radius 2 is 1.96 bits per heavy atom. The summed E-state index contributed by atoms with van der Waals surface area (Å²) in [4.78, 5) is 47.5. The minimum Gasteiger partial charge on any atom is -0.331 e. The molecule has 1 unspecified atom stereocenters.